The molecule has 1 heterocycles. The summed E-state index contributed by atoms with van der Waals surface area (Å²) in [5, 5.41) is 4.03. The van der Waals surface area contributed by atoms with Crippen LogP contribution in [0.5, 0.6) is 0 Å². The molecule has 1 aromatic heterocycles. The van der Waals surface area contributed by atoms with Crippen LogP contribution in [0.15, 0.2) is 249 Å². The summed E-state index contributed by atoms with van der Waals surface area (Å²) in [6.45, 7) is 0. The van der Waals surface area contributed by atoms with Gasteiger partial charge in [-0.05, 0) is 6.07 Å². The lowest BCUT2D eigenvalue weighted by molar-refractivity contribution is 0.588. The Labute approximate surface area is 362 Å². The summed E-state index contributed by atoms with van der Waals surface area (Å²) in [5.74, 6) is 0. The summed E-state index contributed by atoms with van der Waals surface area (Å²) in [4.78, 5) is 5.59. The predicted molar refractivity (Wildman–Crippen MR) is 262 cm³/mol. The van der Waals surface area contributed by atoms with Gasteiger partial charge in [0.1, 0.15) is 10.9 Å². The Hall–Kier alpha value is -6.17. The van der Waals surface area contributed by atoms with Crippen LogP contribution < -0.4 is 63.9 Å². The van der Waals surface area contributed by atoms with Gasteiger partial charge in [0, 0.05) is 42.4 Å². The smallest absolute Gasteiger partial charge is 0.189 e. The summed E-state index contributed by atoms with van der Waals surface area (Å²) in [6, 6.07) is 74.8. The van der Waals surface area contributed by atoms with Gasteiger partial charge in [0.2, 0.25) is 0 Å². The van der Waals surface area contributed by atoms with Crippen LogP contribution in [0, 0.1) is 0 Å². The Bertz CT molecular complexity index is 2560. The van der Waals surface area contributed by atoms with Gasteiger partial charge in [-0.1, -0.05) is 243 Å². The maximum Gasteiger partial charge on any atom is 0.189 e. The van der Waals surface area contributed by atoms with Gasteiger partial charge in [0.05, 0.1) is 10.6 Å². The molecule has 0 saturated heterocycles. The summed E-state index contributed by atoms with van der Waals surface area (Å²) < 4.78 is 68.3. The van der Waals surface area contributed by atoms with Crippen molar-refractivity contribution in [3.05, 3.63) is 249 Å². The molecule has 0 amide bonds. The monoisotopic (exact) mass is 879 g/mol. The van der Waals surface area contributed by atoms with Gasteiger partial charge in [0.15, 0.2) is 28.6 Å². The van der Waals surface area contributed by atoms with Crippen LogP contribution in [0.25, 0.3) is 0 Å². The maximum atomic E-state index is 17.1. The zero-order valence-corrected chi connectivity index (χ0v) is 37.1. The number of rotatable bonds is 12. The molecule has 0 aliphatic carbocycles. The van der Waals surface area contributed by atoms with Crippen molar-refractivity contribution in [2.24, 2.45) is 0 Å². The van der Waals surface area contributed by atoms with E-state index >= 15 is 18.3 Å². The summed E-state index contributed by atoms with van der Waals surface area (Å²) in [6.07, 6.45) is 0. The van der Waals surface area contributed by atoms with Crippen molar-refractivity contribution in [3.8, 4) is 0 Å². The third kappa shape index (κ3) is 7.06. The minimum absolute atomic E-state index is 0.0180. The Kier molecular flexibility index (Phi) is 11.5. The number of pyridine rings is 1. The third-order valence-electron chi connectivity index (χ3n) is 11.2. The lowest BCUT2D eigenvalue weighted by atomic mass is 10.4. The SMILES string of the molecule is O=P(c1ccccc1)(c1ccccc1)c1cc(P(=O)(c2ccccc2)c2ccccc2)c(P(=O)(c2ccccc2)c2ccccc2)nc1P(=O)(c1ccccc1)c1ccccc1. The molecule has 8 aromatic carbocycles. The van der Waals surface area contributed by atoms with Gasteiger partial charge in [-0.15, -0.1) is 0 Å². The van der Waals surface area contributed by atoms with E-state index in [1.807, 2.05) is 194 Å². The van der Waals surface area contributed by atoms with Crippen LogP contribution in [-0.4, -0.2) is 4.98 Å². The number of hydrogen-bond acceptors (Lipinski definition) is 5. The second-order valence-electron chi connectivity index (χ2n) is 14.8. The fourth-order valence-electron chi connectivity index (χ4n) is 8.15. The molecule has 0 aliphatic heterocycles. The molecule has 9 aromatic rings. The average molecular weight is 880 g/mol. The Morgan fingerprint density at radius 2 is 0.387 bits per heavy atom. The molecule has 0 radical (unpaired) electrons. The van der Waals surface area contributed by atoms with E-state index in [2.05, 4.69) is 0 Å². The zero-order valence-electron chi connectivity index (χ0n) is 33.5. The van der Waals surface area contributed by atoms with E-state index in [-0.39, 0.29) is 21.5 Å². The molecule has 0 unspecified atom stereocenters. The van der Waals surface area contributed by atoms with Gasteiger partial charge in [-0.25, -0.2) is 4.98 Å². The lowest BCUT2D eigenvalue weighted by Gasteiger charge is -2.32. The van der Waals surface area contributed by atoms with Gasteiger partial charge < -0.3 is 18.3 Å². The van der Waals surface area contributed by atoms with Crippen molar-refractivity contribution < 1.29 is 18.3 Å². The first kappa shape index (κ1) is 41.2. The molecule has 5 nitrogen and oxygen atoms in total. The molecular weight excluding hydrogens is 838 g/mol. The van der Waals surface area contributed by atoms with E-state index < -0.39 is 28.6 Å². The highest BCUT2D eigenvalue weighted by atomic mass is 31.2. The summed E-state index contributed by atoms with van der Waals surface area (Å²) in [7, 11) is -16.5. The number of hydrogen-bond donors (Lipinski definition) is 0. The van der Waals surface area contributed by atoms with Crippen LogP contribution in [0.2, 0.25) is 0 Å². The number of benzene rings is 8. The van der Waals surface area contributed by atoms with E-state index in [9.17, 15) is 0 Å². The second kappa shape index (κ2) is 17.3. The molecule has 0 fully saturated rings. The third-order valence-corrected chi connectivity index (χ3v) is 23.6. The molecule has 0 N–H and O–H groups in total. The minimum atomic E-state index is -4.14. The Morgan fingerprint density at radius 1 is 0.226 bits per heavy atom. The van der Waals surface area contributed by atoms with Gasteiger partial charge in [-0.2, -0.15) is 0 Å². The first-order chi connectivity index (χ1) is 30.3. The van der Waals surface area contributed by atoms with Crippen molar-refractivity contribution in [2.45, 2.75) is 0 Å². The van der Waals surface area contributed by atoms with E-state index in [4.69, 9.17) is 4.98 Å². The predicted octanol–water partition coefficient (Wildman–Crippen LogP) is 7.64. The number of aromatic nitrogens is 1. The normalized spacial score (nSPS) is 12.1. The molecule has 0 spiro atoms. The standard InChI is InChI=1S/C53H41NO4P4/c55-59(42-25-9-1-10-26-42,43-27-11-2-12-28-43)50-41-51(60(56,44-29-13-3-14-30-44)45-31-15-4-16-32-45)53(62(58,48-37-21-7-22-38-48)49-39-23-8-24-40-49)54-52(50)61(57,46-33-17-5-18-34-46)47-35-19-6-20-36-47/h1-41H. The molecule has 0 bridgehead atoms. The second-order valence-corrected chi connectivity index (χ2v) is 25.6. The molecule has 62 heavy (non-hydrogen) atoms. The quantitative estimate of drug-likeness (QED) is 0.118. The lowest BCUT2D eigenvalue weighted by Crippen LogP contribution is -2.50. The van der Waals surface area contributed by atoms with Crippen LogP contribution in [-0.2, 0) is 18.3 Å². The zero-order chi connectivity index (χ0) is 42.6. The highest BCUT2D eigenvalue weighted by Gasteiger charge is 2.47. The molecule has 302 valence electrons. The highest BCUT2D eigenvalue weighted by Crippen LogP contribution is 2.52. The highest BCUT2D eigenvalue weighted by molar-refractivity contribution is 7.92. The van der Waals surface area contributed by atoms with E-state index in [0.717, 1.165) is 0 Å². The number of nitrogens with zero attached hydrogens (tertiary/aromatic N) is 1. The molecule has 9 heteroatoms. The van der Waals surface area contributed by atoms with E-state index in [1.165, 1.54) is 0 Å². The Morgan fingerprint density at radius 3 is 0.565 bits per heavy atom. The van der Waals surface area contributed by atoms with Crippen molar-refractivity contribution in [2.75, 3.05) is 0 Å². The Balaban J connectivity index is 1.58. The van der Waals surface area contributed by atoms with Gasteiger partial charge in [0.25, 0.3) is 0 Å². The fraction of sp³-hybridized carbons (Fsp3) is 0. The van der Waals surface area contributed by atoms with Crippen molar-refractivity contribution in [1.29, 1.82) is 0 Å². The summed E-state index contributed by atoms with van der Waals surface area (Å²) >= 11 is 0. The van der Waals surface area contributed by atoms with Gasteiger partial charge in [-0.3, -0.25) is 0 Å². The van der Waals surface area contributed by atoms with E-state index in [1.54, 1.807) is 54.6 Å². The van der Waals surface area contributed by atoms with E-state index in [0.29, 0.717) is 42.4 Å². The first-order valence-electron chi connectivity index (χ1n) is 20.2. The van der Waals surface area contributed by atoms with Crippen LogP contribution in [0.1, 0.15) is 0 Å². The van der Waals surface area contributed by atoms with Gasteiger partial charge >= 0.3 is 0 Å². The molecular formula is C53H41NO4P4. The molecule has 9 rings (SSSR count). The maximum absolute atomic E-state index is 17.1. The van der Waals surface area contributed by atoms with Crippen LogP contribution in [0.3, 0.4) is 0 Å². The minimum Gasteiger partial charge on any atom is -0.309 e. The fourth-order valence-corrected chi connectivity index (χ4v) is 20.6. The topological polar surface area (TPSA) is 81.2 Å². The van der Waals surface area contributed by atoms with Crippen molar-refractivity contribution in [1.82, 2.24) is 4.98 Å². The largest absolute Gasteiger partial charge is 0.309 e. The average Bonchev–Trinajstić information content (AvgIpc) is 3.37. The molecule has 0 saturated carbocycles. The van der Waals surface area contributed by atoms with Crippen LogP contribution in [0.4, 0.5) is 0 Å². The molecule has 0 atom stereocenters. The summed E-state index contributed by atoms with van der Waals surface area (Å²) in [5.41, 5.74) is 0.0360. The van der Waals surface area contributed by atoms with Crippen LogP contribution >= 0.6 is 28.6 Å². The first-order valence-corrected chi connectivity index (χ1v) is 27.1. The van der Waals surface area contributed by atoms with Crippen molar-refractivity contribution in [3.63, 3.8) is 0 Å². The molecule has 0 aliphatic rings. The van der Waals surface area contributed by atoms with Crippen molar-refractivity contribution >= 4 is 92.5 Å².